The molecule has 4 N–H and O–H groups in total. The van der Waals surface area contributed by atoms with Crippen molar-refractivity contribution in [2.45, 2.75) is 97.2 Å². The minimum Gasteiger partial charge on any atom is -0.481 e. The molecule has 0 heterocycles. The Balaban J connectivity index is 1.62. The summed E-state index contributed by atoms with van der Waals surface area (Å²) in [5.41, 5.74) is 0.304. The highest BCUT2D eigenvalue weighted by atomic mass is 16.4. The van der Waals surface area contributed by atoms with Crippen molar-refractivity contribution in [1.82, 2.24) is 0 Å². The number of fused-ring (bicyclic) bond motifs is 5. The van der Waals surface area contributed by atoms with E-state index in [0.717, 1.165) is 44.9 Å². The Morgan fingerprint density at radius 1 is 1.00 bits per heavy atom. The fourth-order valence-corrected chi connectivity index (χ4v) is 9.48. The fourth-order valence-electron chi connectivity index (χ4n) is 9.48. The van der Waals surface area contributed by atoms with E-state index in [1.165, 1.54) is 6.42 Å². The third-order valence-corrected chi connectivity index (χ3v) is 11.0. The smallest absolute Gasteiger partial charge is 0.303 e. The van der Waals surface area contributed by atoms with Gasteiger partial charge in [-0.15, -0.1) is 0 Å². The predicted octanol–water partition coefficient (Wildman–Crippen LogP) is 4.09. The molecule has 4 saturated carbocycles. The Morgan fingerprint density at radius 3 is 2.35 bits per heavy atom. The lowest BCUT2D eigenvalue weighted by atomic mass is 9.41. The molecular weight excluding hydrogens is 392 g/mol. The van der Waals surface area contributed by atoms with Gasteiger partial charge in [0.15, 0.2) is 0 Å². The lowest BCUT2D eigenvalue weighted by Crippen LogP contribution is -2.62. The zero-order chi connectivity index (χ0) is 22.6. The summed E-state index contributed by atoms with van der Waals surface area (Å²) in [6, 6.07) is 0. The summed E-state index contributed by atoms with van der Waals surface area (Å²) in [5.74, 6) is 1.80. The van der Waals surface area contributed by atoms with Gasteiger partial charge < -0.3 is 20.4 Å². The monoisotopic (exact) mass is 436 g/mol. The maximum atomic E-state index is 11.7. The van der Waals surface area contributed by atoms with Gasteiger partial charge in [-0.25, -0.2) is 0 Å². The summed E-state index contributed by atoms with van der Waals surface area (Å²) < 4.78 is 0. The number of rotatable bonds is 6. The van der Waals surface area contributed by atoms with Crippen molar-refractivity contribution in [3.05, 3.63) is 0 Å². The molecule has 5 nitrogen and oxygen atoms in total. The molecule has 0 aromatic rings. The third-order valence-electron chi connectivity index (χ3n) is 11.0. The molecular formula is C26H44O5. The molecule has 4 rings (SSSR count). The quantitative estimate of drug-likeness (QED) is 0.503. The topological polar surface area (TPSA) is 98.0 Å². The van der Waals surface area contributed by atoms with E-state index in [1.54, 1.807) is 0 Å². The van der Waals surface area contributed by atoms with Crippen molar-refractivity contribution in [1.29, 1.82) is 0 Å². The van der Waals surface area contributed by atoms with Crippen LogP contribution in [0.25, 0.3) is 0 Å². The Morgan fingerprint density at radius 2 is 1.68 bits per heavy atom. The number of aliphatic hydroxyl groups excluding tert-OH is 3. The van der Waals surface area contributed by atoms with Crippen molar-refractivity contribution in [3.63, 3.8) is 0 Å². The van der Waals surface area contributed by atoms with Crippen LogP contribution in [0.5, 0.6) is 0 Å². The van der Waals surface area contributed by atoms with Gasteiger partial charge in [-0.3, -0.25) is 4.79 Å². The van der Waals surface area contributed by atoms with Crippen LogP contribution in [-0.2, 0) is 4.79 Å². The average molecular weight is 437 g/mol. The van der Waals surface area contributed by atoms with Crippen LogP contribution in [0.4, 0.5) is 0 Å². The summed E-state index contributed by atoms with van der Waals surface area (Å²) in [6.45, 7) is 7.18. The van der Waals surface area contributed by atoms with Gasteiger partial charge in [0.25, 0.3) is 0 Å². The van der Waals surface area contributed by atoms with Crippen molar-refractivity contribution >= 4 is 5.97 Å². The van der Waals surface area contributed by atoms with Crippen LogP contribution in [0.1, 0.15) is 85.0 Å². The highest BCUT2D eigenvalue weighted by molar-refractivity contribution is 5.66. The van der Waals surface area contributed by atoms with Gasteiger partial charge >= 0.3 is 5.97 Å². The normalized spacial score (nSPS) is 50.3. The molecule has 0 spiro atoms. The van der Waals surface area contributed by atoms with Gasteiger partial charge in [-0.1, -0.05) is 20.8 Å². The second kappa shape index (κ2) is 8.61. The lowest BCUT2D eigenvalue weighted by Gasteiger charge is -2.64. The molecule has 0 bridgehead atoms. The van der Waals surface area contributed by atoms with E-state index in [-0.39, 0.29) is 47.7 Å². The first-order valence-corrected chi connectivity index (χ1v) is 12.8. The molecule has 4 aliphatic rings. The number of hydrogen-bond donors (Lipinski definition) is 4. The summed E-state index contributed by atoms with van der Waals surface area (Å²) in [7, 11) is 0. The molecule has 0 aromatic carbocycles. The Kier molecular flexibility index (Phi) is 6.53. The molecule has 4 fully saturated rings. The Hall–Kier alpha value is -0.650. The number of carboxylic acids is 1. The van der Waals surface area contributed by atoms with Crippen molar-refractivity contribution in [2.75, 3.05) is 6.61 Å². The second-order valence-corrected chi connectivity index (χ2v) is 12.1. The third kappa shape index (κ3) is 3.77. The number of hydrogen-bond acceptors (Lipinski definition) is 4. The molecule has 3 unspecified atom stereocenters. The Labute approximate surface area is 187 Å². The second-order valence-electron chi connectivity index (χ2n) is 12.1. The fraction of sp³-hybridized carbons (Fsp3) is 0.962. The zero-order valence-electron chi connectivity index (χ0n) is 19.7. The molecule has 0 aromatic heterocycles. The van der Waals surface area contributed by atoms with Gasteiger partial charge in [0, 0.05) is 13.0 Å². The van der Waals surface area contributed by atoms with E-state index in [2.05, 4.69) is 20.8 Å². The maximum Gasteiger partial charge on any atom is 0.303 e. The van der Waals surface area contributed by atoms with Crippen LogP contribution >= 0.6 is 0 Å². The van der Waals surface area contributed by atoms with Crippen LogP contribution in [0.15, 0.2) is 0 Å². The number of carboxylic acid groups (broad SMARTS) is 1. The number of aliphatic hydroxyl groups is 3. The van der Waals surface area contributed by atoms with Crippen LogP contribution in [-0.4, -0.2) is 45.2 Å². The van der Waals surface area contributed by atoms with E-state index in [9.17, 15) is 20.1 Å². The van der Waals surface area contributed by atoms with E-state index >= 15 is 0 Å². The standard InChI is InChI=1S/C26H44O5/c1-15(4-7-22(29)30)18-5-6-19-23-20(9-12-25(18,19)2)26(3)11-8-16(28)14-21(26)17(10-13-27)24(23)31/h15-21,23-24,27-28,31H,4-14H2,1-3H3,(H,29,30)/t15-,16-,17-,18-,19?,20?,21+,23?,24-,25-,26-/m1/s1. The zero-order valence-corrected chi connectivity index (χ0v) is 19.7. The molecule has 11 atom stereocenters. The molecule has 0 saturated heterocycles. The minimum absolute atomic E-state index is 0.0667. The van der Waals surface area contributed by atoms with Gasteiger partial charge in [-0.05, 0) is 110 Å². The minimum atomic E-state index is -0.705. The summed E-state index contributed by atoms with van der Waals surface area (Å²) >= 11 is 0. The molecule has 0 radical (unpaired) electrons. The molecule has 5 heteroatoms. The Bertz CT molecular complexity index is 666. The number of aliphatic carboxylic acids is 1. The largest absolute Gasteiger partial charge is 0.481 e. The van der Waals surface area contributed by atoms with Crippen LogP contribution < -0.4 is 0 Å². The van der Waals surface area contributed by atoms with E-state index in [4.69, 9.17) is 5.11 Å². The molecule has 4 aliphatic carbocycles. The van der Waals surface area contributed by atoms with Crippen molar-refractivity contribution in [2.24, 2.45) is 52.3 Å². The van der Waals surface area contributed by atoms with Gasteiger partial charge in [-0.2, -0.15) is 0 Å². The van der Waals surface area contributed by atoms with Gasteiger partial charge in [0.05, 0.1) is 12.2 Å². The van der Waals surface area contributed by atoms with Crippen molar-refractivity contribution in [3.8, 4) is 0 Å². The van der Waals surface area contributed by atoms with E-state index < -0.39 is 12.1 Å². The molecule has 0 amide bonds. The van der Waals surface area contributed by atoms with Crippen LogP contribution in [0.2, 0.25) is 0 Å². The van der Waals surface area contributed by atoms with Crippen LogP contribution in [0, 0.1) is 52.3 Å². The molecule has 31 heavy (non-hydrogen) atoms. The molecule has 0 aliphatic heterocycles. The average Bonchev–Trinajstić information content (AvgIpc) is 3.07. The summed E-state index contributed by atoms with van der Waals surface area (Å²) in [6.07, 6.45) is 8.14. The van der Waals surface area contributed by atoms with E-state index in [0.29, 0.717) is 30.1 Å². The van der Waals surface area contributed by atoms with Crippen LogP contribution in [0.3, 0.4) is 0 Å². The first kappa shape index (κ1) is 23.5. The lowest BCUT2D eigenvalue weighted by molar-refractivity contribution is -0.205. The first-order chi connectivity index (χ1) is 14.6. The predicted molar refractivity (Wildman–Crippen MR) is 119 cm³/mol. The maximum absolute atomic E-state index is 11.7. The number of carbonyl (C=O) groups is 1. The summed E-state index contributed by atoms with van der Waals surface area (Å²) in [5, 5.41) is 41.1. The highest BCUT2D eigenvalue weighted by Crippen LogP contribution is 2.69. The summed E-state index contributed by atoms with van der Waals surface area (Å²) in [4.78, 5) is 11.1. The SMILES string of the molecule is C[C@H](CCC(=O)O)[C@H]1CCC2C3C(CC[C@@]21C)[C@@]1(C)CC[C@@H](O)C[C@H]1[C@@H](CCO)[C@H]3O. The van der Waals surface area contributed by atoms with Crippen molar-refractivity contribution < 1.29 is 25.2 Å². The first-order valence-electron chi connectivity index (χ1n) is 12.8. The van der Waals surface area contributed by atoms with E-state index in [1.807, 2.05) is 0 Å². The van der Waals surface area contributed by atoms with Gasteiger partial charge in [0.2, 0.25) is 0 Å². The molecule has 178 valence electrons. The highest BCUT2D eigenvalue weighted by Gasteiger charge is 2.64. The van der Waals surface area contributed by atoms with Gasteiger partial charge in [0.1, 0.15) is 0 Å².